The van der Waals surface area contributed by atoms with Crippen molar-refractivity contribution in [3.63, 3.8) is 0 Å². The monoisotopic (exact) mass is 274 g/mol. The predicted molar refractivity (Wildman–Crippen MR) is 81.8 cm³/mol. The predicted octanol–water partition coefficient (Wildman–Crippen LogP) is 3.69. The molecular formula is C17H26N2O. The summed E-state index contributed by atoms with van der Waals surface area (Å²) in [6, 6.07) is 4.09. The molecule has 2 fully saturated rings. The zero-order chi connectivity index (χ0) is 14.0. The molecule has 0 amide bonds. The van der Waals surface area contributed by atoms with Gasteiger partial charge < -0.3 is 10.0 Å². The lowest BCUT2D eigenvalue weighted by molar-refractivity contribution is 0.169. The summed E-state index contributed by atoms with van der Waals surface area (Å²) in [4.78, 5) is 6.88. The van der Waals surface area contributed by atoms with Gasteiger partial charge in [0, 0.05) is 13.1 Å². The Morgan fingerprint density at radius 2 is 1.90 bits per heavy atom. The van der Waals surface area contributed by atoms with Crippen molar-refractivity contribution in [2.45, 2.75) is 58.0 Å². The maximum Gasteiger partial charge on any atom is 0.0957 e. The minimum Gasteiger partial charge on any atom is -0.387 e. The number of aliphatic hydroxyl groups is 1. The summed E-state index contributed by atoms with van der Waals surface area (Å²) in [6.07, 6.45) is 10.7. The van der Waals surface area contributed by atoms with Gasteiger partial charge in [-0.25, -0.2) is 0 Å². The Morgan fingerprint density at radius 1 is 1.20 bits per heavy atom. The summed E-state index contributed by atoms with van der Waals surface area (Å²) in [5, 5.41) is 9.79. The molecule has 1 atom stereocenters. The van der Waals surface area contributed by atoms with Crippen LogP contribution in [0.2, 0.25) is 0 Å². The van der Waals surface area contributed by atoms with Crippen molar-refractivity contribution in [1.29, 1.82) is 0 Å². The van der Waals surface area contributed by atoms with E-state index in [1.807, 2.05) is 19.2 Å². The first-order chi connectivity index (χ1) is 9.72. The lowest BCUT2D eigenvalue weighted by Crippen LogP contribution is -2.38. The fourth-order valence-electron chi connectivity index (χ4n) is 3.86. The summed E-state index contributed by atoms with van der Waals surface area (Å²) >= 11 is 0. The molecule has 1 aliphatic heterocycles. The molecule has 3 rings (SSSR count). The number of nitrogens with zero attached hydrogens (tertiary/aromatic N) is 2. The van der Waals surface area contributed by atoms with Gasteiger partial charge in [-0.05, 0) is 49.7 Å². The first-order valence-electron chi connectivity index (χ1n) is 8.11. The van der Waals surface area contributed by atoms with Crippen LogP contribution >= 0.6 is 0 Å². The molecule has 1 aliphatic carbocycles. The average Bonchev–Trinajstić information content (AvgIpc) is 2.96. The molecule has 1 saturated carbocycles. The van der Waals surface area contributed by atoms with Crippen molar-refractivity contribution in [2.24, 2.45) is 5.41 Å². The van der Waals surface area contributed by atoms with Crippen LogP contribution in [0.5, 0.6) is 0 Å². The van der Waals surface area contributed by atoms with E-state index in [9.17, 15) is 5.11 Å². The van der Waals surface area contributed by atoms with E-state index in [0.29, 0.717) is 5.41 Å². The maximum atomic E-state index is 9.79. The first kappa shape index (κ1) is 13.9. The average molecular weight is 274 g/mol. The molecule has 0 bridgehead atoms. The van der Waals surface area contributed by atoms with Crippen LogP contribution in [0.3, 0.4) is 0 Å². The second-order valence-corrected chi connectivity index (χ2v) is 6.56. The van der Waals surface area contributed by atoms with Crippen LogP contribution in [-0.4, -0.2) is 23.2 Å². The van der Waals surface area contributed by atoms with Gasteiger partial charge in [0.1, 0.15) is 0 Å². The molecule has 1 saturated heterocycles. The minimum absolute atomic E-state index is 0.424. The Bertz CT molecular complexity index is 427. The topological polar surface area (TPSA) is 36.4 Å². The van der Waals surface area contributed by atoms with E-state index in [2.05, 4.69) is 16.0 Å². The molecule has 0 aromatic carbocycles. The number of rotatable bonds is 3. The number of aliphatic hydroxyl groups excluding tert-OH is 1. The summed E-state index contributed by atoms with van der Waals surface area (Å²) in [5.41, 5.74) is 2.67. The zero-order valence-corrected chi connectivity index (χ0v) is 12.5. The second-order valence-electron chi connectivity index (χ2n) is 6.56. The van der Waals surface area contributed by atoms with Gasteiger partial charge in [0.15, 0.2) is 0 Å². The van der Waals surface area contributed by atoms with E-state index in [1.165, 1.54) is 44.2 Å². The largest absolute Gasteiger partial charge is 0.387 e. The van der Waals surface area contributed by atoms with E-state index in [1.54, 1.807) is 0 Å². The lowest BCUT2D eigenvalue weighted by Gasteiger charge is -2.40. The molecule has 0 unspecified atom stereocenters. The molecule has 1 spiro atoms. The quantitative estimate of drug-likeness (QED) is 0.913. The van der Waals surface area contributed by atoms with E-state index < -0.39 is 6.10 Å². The summed E-state index contributed by atoms with van der Waals surface area (Å²) in [6.45, 7) is 4.31. The number of hydrogen-bond acceptors (Lipinski definition) is 3. The van der Waals surface area contributed by atoms with E-state index in [4.69, 9.17) is 0 Å². The van der Waals surface area contributed by atoms with Gasteiger partial charge in [0.25, 0.3) is 0 Å². The third kappa shape index (κ3) is 2.69. The minimum atomic E-state index is -0.424. The van der Waals surface area contributed by atoms with Crippen LogP contribution in [0.15, 0.2) is 18.3 Å². The number of hydrogen-bond donors (Lipinski definition) is 1. The van der Waals surface area contributed by atoms with E-state index in [-0.39, 0.29) is 0 Å². The number of anilines is 1. The maximum absolute atomic E-state index is 9.79. The van der Waals surface area contributed by atoms with Crippen molar-refractivity contribution in [1.82, 2.24) is 4.98 Å². The van der Waals surface area contributed by atoms with Gasteiger partial charge in [-0.2, -0.15) is 0 Å². The van der Waals surface area contributed by atoms with Crippen molar-refractivity contribution in [3.8, 4) is 0 Å². The van der Waals surface area contributed by atoms with Gasteiger partial charge in [0.2, 0.25) is 0 Å². The molecule has 1 N–H and O–H groups in total. The van der Waals surface area contributed by atoms with Gasteiger partial charge in [0.05, 0.1) is 23.7 Å². The van der Waals surface area contributed by atoms with Crippen LogP contribution in [0, 0.1) is 5.41 Å². The molecule has 110 valence electrons. The number of pyridine rings is 1. The Labute approximate surface area is 122 Å². The van der Waals surface area contributed by atoms with Crippen LogP contribution in [0.4, 0.5) is 5.69 Å². The standard InChI is InChI=1S/C17H26N2O/c1-2-16(20)15-6-5-14(13-18-15)19-11-9-17(10-12-19)7-3-4-8-17/h5-6,13,16,20H,2-4,7-12H2,1H3/t16-/m0/s1. The Kier molecular flexibility index (Phi) is 3.97. The molecule has 3 nitrogen and oxygen atoms in total. The summed E-state index contributed by atoms with van der Waals surface area (Å²) < 4.78 is 0. The molecule has 2 aliphatic rings. The van der Waals surface area contributed by atoms with Gasteiger partial charge in [-0.15, -0.1) is 0 Å². The smallest absolute Gasteiger partial charge is 0.0957 e. The fourth-order valence-corrected chi connectivity index (χ4v) is 3.86. The number of aromatic nitrogens is 1. The van der Waals surface area contributed by atoms with Crippen molar-refractivity contribution in [2.75, 3.05) is 18.0 Å². The van der Waals surface area contributed by atoms with Crippen LogP contribution in [-0.2, 0) is 0 Å². The van der Waals surface area contributed by atoms with Crippen LogP contribution < -0.4 is 4.90 Å². The molecular weight excluding hydrogens is 248 g/mol. The van der Waals surface area contributed by atoms with Gasteiger partial charge in [-0.3, -0.25) is 4.98 Å². The molecule has 20 heavy (non-hydrogen) atoms. The van der Waals surface area contributed by atoms with Crippen molar-refractivity contribution < 1.29 is 5.11 Å². The molecule has 1 aromatic heterocycles. The van der Waals surface area contributed by atoms with Crippen LogP contribution in [0.1, 0.15) is 63.7 Å². The lowest BCUT2D eigenvalue weighted by atomic mass is 9.77. The Hall–Kier alpha value is -1.09. The third-order valence-corrected chi connectivity index (χ3v) is 5.35. The van der Waals surface area contributed by atoms with E-state index in [0.717, 1.165) is 25.2 Å². The molecule has 2 heterocycles. The van der Waals surface area contributed by atoms with Crippen LogP contribution in [0.25, 0.3) is 0 Å². The number of piperidine rings is 1. The highest BCUT2D eigenvalue weighted by Crippen LogP contribution is 2.46. The highest BCUT2D eigenvalue weighted by Gasteiger charge is 2.36. The van der Waals surface area contributed by atoms with Crippen molar-refractivity contribution >= 4 is 5.69 Å². The SMILES string of the molecule is CC[C@H](O)c1ccc(N2CCC3(CCCC3)CC2)cn1. The van der Waals surface area contributed by atoms with Crippen molar-refractivity contribution in [3.05, 3.63) is 24.0 Å². The molecule has 1 aromatic rings. The van der Waals surface area contributed by atoms with Gasteiger partial charge >= 0.3 is 0 Å². The Morgan fingerprint density at radius 3 is 2.45 bits per heavy atom. The second kappa shape index (κ2) is 5.72. The third-order valence-electron chi connectivity index (χ3n) is 5.35. The summed E-state index contributed by atoms with van der Waals surface area (Å²) in [7, 11) is 0. The molecule has 0 radical (unpaired) electrons. The van der Waals surface area contributed by atoms with E-state index >= 15 is 0 Å². The zero-order valence-electron chi connectivity index (χ0n) is 12.5. The highest BCUT2D eigenvalue weighted by molar-refractivity contribution is 5.45. The molecule has 3 heteroatoms. The highest BCUT2D eigenvalue weighted by atomic mass is 16.3. The fraction of sp³-hybridized carbons (Fsp3) is 0.706. The normalized spacial score (nSPS) is 23.2. The summed E-state index contributed by atoms with van der Waals surface area (Å²) in [5.74, 6) is 0. The Balaban J connectivity index is 1.63. The van der Waals surface area contributed by atoms with Gasteiger partial charge in [-0.1, -0.05) is 19.8 Å². The first-order valence-corrected chi connectivity index (χ1v) is 8.11.